The van der Waals surface area contributed by atoms with Gasteiger partial charge in [0.05, 0.1) is 11.7 Å². The molecule has 1 aliphatic heterocycles. The fourth-order valence-corrected chi connectivity index (χ4v) is 2.57. The number of hydrogen-bond acceptors (Lipinski definition) is 1. The van der Waals surface area contributed by atoms with Crippen molar-refractivity contribution in [1.29, 1.82) is 0 Å². The Bertz CT molecular complexity index is 324. The van der Waals surface area contributed by atoms with E-state index >= 15 is 0 Å². The molecule has 0 bridgehead atoms. The van der Waals surface area contributed by atoms with Crippen LogP contribution < -0.4 is 0 Å². The summed E-state index contributed by atoms with van der Waals surface area (Å²) in [5.74, 6) is 0. The van der Waals surface area contributed by atoms with Gasteiger partial charge in [0, 0.05) is 0 Å². The summed E-state index contributed by atoms with van der Waals surface area (Å²) in [5.41, 5.74) is 1.91. The van der Waals surface area contributed by atoms with Gasteiger partial charge >= 0.3 is 0 Å². The molecule has 1 saturated heterocycles. The molecule has 0 aromatic heterocycles. The minimum atomic E-state index is 0.159. The Morgan fingerprint density at radius 1 is 1.31 bits per heavy atom. The van der Waals surface area contributed by atoms with Crippen molar-refractivity contribution < 1.29 is 4.74 Å². The zero-order chi connectivity index (χ0) is 11.8. The molecule has 1 heteroatoms. The first-order valence-corrected chi connectivity index (χ1v) is 6.42. The van der Waals surface area contributed by atoms with Crippen molar-refractivity contribution in [1.82, 2.24) is 0 Å². The van der Waals surface area contributed by atoms with Gasteiger partial charge in [-0.3, -0.25) is 0 Å². The smallest absolute Gasteiger partial charge is 0.0923 e. The molecule has 0 amide bonds. The number of fused-ring (bicyclic) bond motifs is 1. The lowest BCUT2D eigenvalue weighted by molar-refractivity contribution is 0.280. The summed E-state index contributed by atoms with van der Waals surface area (Å²) in [7, 11) is 0. The first-order valence-electron chi connectivity index (χ1n) is 6.42. The highest BCUT2D eigenvalue weighted by Gasteiger charge is 2.52. The maximum Gasteiger partial charge on any atom is 0.0923 e. The van der Waals surface area contributed by atoms with Crippen molar-refractivity contribution in [3.8, 4) is 0 Å². The minimum absolute atomic E-state index is 0.159. The van der Waals surface area contributed by atoms with Crippen molar-refractivity contribution in [2.24, 2.45) is 5.41 Å². The molecular weight excluding hydrogens is 196 g/mol. The molecule has 1 aliphatic carbocycles. The summed E-state index contributed by atoms with van der Waals surface area (Å²) in [5, 5.41) is 0. The second-order valence-corrected chi connectivity index (χ2v) is 6.31. The van der Waals surface area contributed by atoms with E-state index in [0.29, 0.717) is 6.10 Å². The number of rotatable bonds is 0. The van der Waals surface area contributed by atoms with Gasteiger partial charge in [-0.25, -0.2) is 0 Å². The quantitative estimate of drug-likeness (QED) is 0.439. The van der Waals surface area contributed by atoms with Crippen molar-refractivity contribution in [3.05, 3.63) is 23.8 Å². The molecule has 0 N–H and O–H groups in total. The SMILES string of the molecule is C/C1=C/CCC2(C)OC2CC(C)(C)/C=C\C1. The van der Waals surface area contributed by atoms with Gasteiger partial charge in [0.2, 0.25) is 0 Å². The Morgan fingerprint density at radius 3 is 2.81 bits per heavy atom. The van der Waals surface area contributed by atoms with Crippen LogP contribution in [-0.2, 0) is 4.74 Å². The van der Waals surface area contributed by atoms with Crippen LogP contribution in [0.3, 0.4) is 0 Å². The molecule has 0 aromatic rings. The minimum Gasteiger partial charge on any atom is -0.366 e. The summed E-state index contributed by atoms with van der Waals surface area (Å²) in [4.78, 5) is 0. The van der Waals surface area contributed by atoms with Gasteiger partial charge in [-0.15, -0.1) is 0 Å². The van der Waals surface area contributed by atoms with E-state index in [2.05, 4.69) is 45.9 Å². The molecule has 1 heterocycles. The second kappa shape index (κ2) is 4.03. The van der Waals surface area contributed by atoms with Crippen LogP contribution in [0.2, 0.25) is 0 Å². The zero-order valence-corrected chi connectivity index (χ0v) is 11.0. The van der Waals surface area contributed by atoms with Crippen molar-refractivity contribution in [3.63, 3.8) is 0 Å². The van der Waals surface area contributed by atoms with E-state index in [1.807, 2.05) is 0 Å². The van der Waals surface area contributed by atoms with Gasteiger partial charge in [0.25, 0.3) is 0 Å². The summed E-state index contributed by atoms with van der Waals surface area (Å²) < 4.78 is 5.88. The summed E-state index contributed by atoms with van der Waals surface area (Å²) in [6.45, 7) is 9.10. The second-order valence-electron chi connectivity index (χ2n) is 6.31. The van der Waals surface area contributed by atoms with Gasteiger partial charge in [-0.2, -0.15) is 0 Å². The van der Waals surface area contributed by atoms with Gasteiger partial charge in [0.15, 0.2) is 0 Å². The van der Waals surface area contributed by atoms with Gasteiger partial charge in [-0.1, -0.05) is 37.6 Å². The topological polar surface area (TPSA) is 12.5 Å². The molecule has 0 saturated carbocycles. The van der Waals surface area contributed by atoms with Crippen molar-refractivity contribution in [2.45, 2.75) is 65.1 Å². The van der Waals surface area contributed by atoms with Gasteiger partial charge in [-0.05, 0) is 44.9 Å². The molecule has 90 valence electrons. The Kier molecular flexibility index (Phi) is 3.00. The molecule has 16 heavy (non-hydrogen) atoms. The third-order valence-corrected chi connectivity index (χ3v) is 3.89. The van der Waals surface area contributed by atoms with E-state index in [1.165, 1.54) is 12.0 Å². The average molecular weight is 220 g/mol. The van der Waals surface area contributed by atoms with Crippen molar-refractivity contribution >= 4 is 0 Å². The predicted octanol–water partition coefficient (Wildman–Crippen LogP) is 4.25. The lowest BCUT2D eigenvalue weighted by Gasteiger charge is -2.19. The Hall–Kier alpha value is -0.560. The standard InChI is InChI=1S/C15H24O/c1-12-7-5-9-14(2,3)11-13-15(4,16-13)10-6-8-12/h5,8-9,13H,6-7,10-11H2,1-4H3/b9-5-,12-8-. The largest absolute Gasteiger partial charge is 0.366 e. The Balaban J connectivity index is 2.11. The van der Waals surface area contributed by atoms with Crippen LogP contribution in [0.15, 0.2) is 23.8 Å². The van der Waals surface area contributed by atoms with Crippen LogP contribution in [0.25, 0.3) is 0 Å². The lowest BCUT2D eigenvalue weighted by atomic mass is 9.84. The van der Waals surface area contributed by atoms with Crippen LogP contribution in [0.1, 0.15) is 53.4 Å². The van der Waals surface area contributed by atoms with E-state index in [1.54, 1.807) is 0 Å². The molecule has 0 radical (unpaired) electrons. The monoisotopic (exact) mass is 220 g/mol. The molecule has 0 aromatic carbocycles. The van der Waals surface area contributed by atoms with Crippen LogP contribution in [-0.4, -0.2) is 11.7 Å². The highest BCUT2D eigenvalue weighted by Crippen LogP contribution is 2.46. The molecule has 2 unspecified atom stereocenters. The van der Waals surface area contributed by atoms with E-state index in [4.69, 9.17) is 4.74 Å². The summed E-state index contributed by atoms with van der Waals surface area (Å²) >= 11 is 0. The molecular formula is C15H24O. The fourth-order valence-electron chi connectivity index (χ4n) is 2.57. The number of epoxide rings is 1. The predicted molar refractivity (Wildman–Crippen MR) is 68.4 cm³/mol. The van der Waals surface area contributed by atoms with Crippen LogP contribution in [0, 0.1) is 5.41 Å². The van der Waals surface area contributed by atoms with E-state index < -0.39 is 0 Å². The van der Waals surface area contributed by atoms with Crippen molar-refractivity contribution in [2.75, 3.05) is 0 Å². The molecule has 2 rings (SSSR count). The highest BCUT2D eigenvalue weighted by molar-refractivity contribution is 5.12. The van der Waals surface area contributed by atoms with Crippen LogP contribution in [0.5, 0.6) is 0 Å². The van der Waals surface area contributed by atoms with Crippen LogP contribution >= 0.6 is 0 Å². The molecule has 1 fully saturated rings. The summed E-state index contributed by atoms with van der Waals surface area (Å²) in [6, 6.07) is 0. The number of ether oxygens (including phenoxy) is 1. The third kappa shape index (κ3) is 2.76. The fraction of sp³-hybridized carbons (Fsp3) is 0.733. The maximum absolute atomic E-state index is 5.88. The zero-order valence-electron chi connectivity index (χ0n) is 11.0. The molecule has 2 aliphatic rings. The van der Waals surface area contributed by atoms with Gasteiger partial charge in [0.1, 0.15) is 0 Å². The third-order valence-electron chi connectivity index (χ3n) is 3.89. The number of allylic oxidation sites excluding steroid dienone is 4. The molecule has 1 nitrogen and oxygen atoms in total. The van der Waals surface area contributed by atoms with E-state index in [0.717, 1.165) is 19.3 Å². The highest BCUT2D eigenvalue weighted by atomic mass is 16.6. The first-order chi connectivity index (χ1) is 7.41. The van der Waals surface area contributed by atoms with E-state index in [9.17, 15) is 0 Å². The van der Waals surface area contributed by atoms with Gasteiger partial charge < -0.3 is 4.74 Å². The average Bonchev–Trinajstić information content (AvgIpc) is 2.73. The van der Waals surface area contributed by atoms with Crippen LogP contribution in [0.4, 0.5) is 0 Å². The Labute approximate surface area is 99.6 Å². The van der Waals surface area contributed by atoms with E-state index in [-0.39, 0.29) is 11.0 Å². The summed E-state index contributed by atoms with van der Waals surface area (Å²) in [6.07, 6.45) is 12.1. The first kappa shape index (κ1) is 11.9. The Morgan fingerprint density at radius 2 is 2.06 bits per heavy atom. The molecule has 2 atom stereocenters. The lowest BCUT2D eigenvalue weighted by Crippen LogP contribution is -2.16. The maximum atomic E-state index is 5.88. The molecule has 0 spiro atoms. The normalized spacial score (nSPS) is 43.5. The number of hydrogen-bond donors (Lipinski definition) is 0.